The van der Waals surface area contributed by atoms with Gasteiger partial charge < -0.3 is 5.32 Å². The largest absolute Gasteiger partial charge is 0.355 e. The molecule has 6 heteroatoms. The van der Waals surface area contributed by atoms with Crippen molar-refractivity contribution in [3.05, 3.63) is 56.9 Å². The van der Waals surface area contributed by atoms with Gasteiger partial charge in [0.1, 0.15) is 5.82 Å². The summed E-state index contributed by atoms with van der Waals surface area (Å²) in [5.74, 6) is -0.828. The molecule has 1 amide bonds. The van der Waals surface area contributed by atoms with Crippen LogP contribution in [-0.4, -0.2) is 12.5 Å². The number of benzene rings is 2. The van der Waals surface area contributed by atoms with E-state index in [9.17, 15) is 9.18 Å². The van der Waals surface area contributed by atoms with Crippen LogP contribution in [0.15, 0.2) is 36.4 Å². The average molecular weight is 428 g/mol. The molecule has 0 fully saturated rings. The van der Waals surface area contributed by atoms with E-state index in [1.54, 1.807) is 0 Å². The van der Waals surface area contributed by atoms with E-state index >= 15 is 0 Å². The molecule has 0 radical (unpaired) electrons. The Bertz CT molecular complexity index is 707. The van der Waals surface area contributed by atoms with Crippen LogP contribution in [0.2, 0.25) is 0 Å². The number of nitrogens with one attached hydrogen (secondary N) is 2. The zero-order valence-corrected chi connectivity index (χ0v) is 15.1. The highest BCUT2D eigenvalue weighted by molar-refractivity contribution is 14.1. The van der Waals surface area contributed by atoms with E-state index in [-0.39, 0.29) is 0 Å². The number of hydrogen-bond acceptors (Lipinski definition) is 3. The van der Waals surface area contributed by atoms with Crippen LogP contribution in [0.1, 0.15) is 29.3 Å². The molecule has 0 heterocycles. The van der Waals surface area contributed by atoms with E-state index in [0.29, 0.717) is 17.9 Å². The van der Waals surface area contributed by atoms with E-state index in [4.69, 9.17) is 4.84 Å². The number of carbonyl (C=O) groups is 1. The molecule has 122 valence electrons. The lowest BCUT2D eigenvalue weighted by atomic mass is 10.1. The van der Waals surface area contributed by atoms with Gasteiger partial charge >= 0.3 is 0 Å². The van der Waals surface area contributed by atoms with Gasteiger partial charge in [-0.1, -0.05) is 6.92 Å². The van der Waals surface area contributed by atoms with Crippen LogP contribution in [-0.2, 0) is 4.84 Å². The monoisotopic (exact) mass is 428 g/mol. The first-order valence-electron chi connectivity index (χ1n) is 7.26. The van der Waals surface area contributed by atoms with Crippen molar-refractivity contribution in [1.29, 1.82) is 0 Å². The highest BCUT2D eigenvalue weighted by Crippen LogP contribution is 2.25. The minimum Gasteiger partial charge on any atom is -0.355 e. The maximum atomic E-state index is 13.6. The minimum absolute atomic E-state index is 0.320. The fourth-order valence-corrected chi connectivity index (χ4v) is 2.65. The Morgan fingerprint density at radius 2 is 2.00 bits per heavy atom. The van der Waals surface area contributed by atoms with Gasteiger partial charge in [-0.25, -0.2) is 9.87 Å². The molecule has 0 aliphatic heterocycles. The van der Waals surface area contributed by atoms with Crippen LogP contribution in [0.5, 0.6) is 0 Å². The predicted octanol–water partition coefficient (Wildman–Crippen LogP) is 4.55. The third-order valence-corrected chi connectivity index (χ3v) is 3.83. The first-order valence-corrected chi connectivity index (χ1v) is 8.34. The van der Waals surface area contributed by atoms with Gasteiger partial charge in [0.2, 0.25) is 0 Å². The highest BCUT2D eigenvalue weighted by atomic mass is 127. The summed E-state index contributed by atoms with van der Waals surface area (Å²) in [6, 6.07) is 9.83. The molecule has 0 aliphatic rings. The molecule has 0 aromatic heterocycles. The minimum atomic E-state index is -0.415. The summed E-state index contributed by atoms with van der Waals surface area (Å²) in [6.45, 7) is 4.32. The van der Waals surface area contributed by atoms with Crippen LogP contribution >= 0.6 is 22.6 Å². The lowest BCUT2D eigenvalue weighted by Crippen LogP contribution is -2.25. The molecule has 2 rings (SSSR count). The molecule has 23 heavy (non-hydrogen) atoms. The zero-order chi connectivity index (χ0) is 16.8. The summed E-state index contributed by atoms with van der Waals surface area (Å²) in [6.07, 6.45) is 0.788. The van der Waals surface area contributed by atoms with Crippen LogP contribution in [0.4, 0.5) is 15.8 Å². The molecule has 0 atom stereocenters. The molecule has 0 spiro atoms. The molecular weight excluding hydrogens is 410 g/mol. The summed E-state index contributed by atoms with van der Waals surface area (Å²) in [7, 11) is 0. The molecule has 2 aromatic carbocycles. The van der Waals surface area contributed by atoms with Gasteiger partial charge in [-0.2, -0.15) is 0 Å². The topological polar surface area (TPSA) is 50.4 Å². The standard InChI is InChI=1S/C17H18FIN2O2/c1-3-8-23-21-17(22)14-6-4-12(18)10-16(14)20-15-7-5-13(19)9-11(15)2/h4-7,9-10,20H,3,8H2,1-2H3,(H,21,22). The summed E-state index contributed by atoms with van der Waals surface area (Å²) >= 11 is 2.23. The maximum absolute atomic E-state index is 13.6. The van der Waals surface area contributed by atoms with Gasteiger partial charge in [-0.15, -0.1) is 0 Å². The molecule has 2 N–H and O–H groups in total. The van der Waals surface area contributed by atoms with Gasteiger partial charge in [0.15, 0.2) is 0 Å². The van der Waals surface area contributed by atoms with E-state index in [2.05, 4.69) is 33.4 Å². The van der Waals surface area contributed by atoms with Crippen LogP contribution in [0.3, 0.4) is 0 Å². The van der Waals surface area contributed by atoms with Gasteiger partial charge in [0, 0.05) is 9.26 Å². The number of amides is 1. The Balaban J connectivity index is 2.26. The van der Waals surface area contributed by atoms with Crippen molar-refractivity contribution in [3.63, 3.8) is 0 Å². The molecule has 4 nitrogen and oxygen atoms in total. The fraction of sp³-hybridized carbons (Fsp3) is 0.235. The normalized spacial score (nSPS) is 10.4. The SMILES string of the molecule is CCCONC(=O)c1ccc(F)cc1Nc1ccc(I)cc1C. The first kappa shape index (κ1) is 17.7. The number of anilines is 2. The lowest BCUT2D eigenvalue weighted by molar-refractivity contribution is 0.0316. The van der Waals surface area contributed by atoms with Crippen LogP contribution in [0.25, 0.3) is 0 Å². The number of carbonyl (C=O) groups excluding carboxylic acids is 1. The van der Waals surface area contributed by atoms with Crippen molar-refractivity contribution < 1.29 is 14.0 Å². The Morgan fingerprint density at radius 1 is 1.22 bits per heavy atom. The van der Waals surface area contributed by atoms with Crippen LogP contribution in [0, 0.1) is 16.3 Å². The molecule has 0 saturated carbocycles. The average Bonchev–Trinajstić information content (AvgIpc) is 2.50. The van der Waals surface area contributed by atoms with E-state index in [0.717, 1.165) is 21.2 Å². The Labute approximate surface area is 148 Å². The third kappa shape index (κ3) is 4.90. The van der Waals surface area contributed by atoms with Gasteiger partial charge in [-0.05, 0) is 77.9 Å². The van der Waals surface area contributed by atoms with Gasteiger partial charge in [0.05, 0.1) is 17.9 Å². The smallest absolute Gasteiger partial charge is 0.276 e. The summed E-state index contributed by atoms with van der Waals surface area (Å²) in [5.41, 5.74) is 4.91. The van der Waals surface area contributed by atoms with E-state index in [1.807, 2.05) is 32.0 Å². The first-order chi connectivity index (χ1) is 11.0. The molecule has 0 aliphatic carbocycles. The van der Waals surface area contributed by atoms with Crippen molar-refractivity contribution in [2.24, 2.45) is 0 Å². The number of rotatable bonds is 6. The van der Waals surface area contributed by atoms with E-state index < -0.39 is 11.7 Å². The molecular formula is C17H18FIN2O2. The highest BCUT2D eigenvalue weighted by Gasteiger charge is 2.13. The molecule has 0 unspecified atom stereocenters. The Kier molecular flexibility index (Phi) is 6.35. The Hall–Kier alpha value is -1.67. The number of hydrogen-bond donors (Lipinski definition) is 2. The summed E-state index contributed by atoms with van der Waals surface area (Å²) in [5, 5.41) is 3.12. The molecule has 2 aromatic rings. The lowest BCUT2D eigenvalue weighted by Gasteiger charge is -2.14. The summed E-state index contributed by atoms with van der Waals surface area (Å²) in [4.78, 5) is 17.2. The van der Waals surface area contributed by atoms with Crippen LogP contribution < -0.4 is 10.8 Å². The zero-order valence-electron chi connectivity index (χ0n) is 13.0. The number of halogens is 2. The summed E-state index contributed by atoms with van der Waals surface area (Å²) < 4.78 is 14.7. The maximum Gasteiger partial charge on any atom is 0.276 e. The second kappa shape index (κ2) is 8.26. The van der Waals surface area contributed by atoms with Crippen molar-refractivity contribution >= 4 is 39.9 Å². The number of hydroxylamine groups is 1. The molecule has 0 saturated heterocycles. The fourth-order valence-electron chi connectivity index (χ4n) is 2.00. The number of aryl methyl sites for hydroxylation is 1. The van der Waals surface area contributed by atoms with E-state index in [1.165, 1.54) is 18.2 Å². The molecule has 0 bridgehead atoms. The third-order valence-electron chi connectivity index (χ3n) is 3.16. The second-order valence-electron chi connectivity index (χ2n) is 5.05. The van der Waals surface area contributed by atoms with Crippen molar-refractivity contribution in [1.82, 2.24) is 5.48 Å². The van der Waals surface area contributed by atoms with Crippen molar-refractivity contribution in [2.45, 2.75) is 20.3 Å². The van der Waals surface area contributed by atoms with Gasteiger partial charge in [-0.3, -0.25) is 9.63 Å². The van der Waals surface area contributed by atoms with Crippen molar-refractivity contribution in [3.8, 4) is 0 Å². The van der Waals surface area contributed by atoms with Crippen molar-refractivity contribution in [2.75, 3.05) is 11.9 Å². The van der Waals surface area contributed by atoms with Gasteiger partial charge in [0.25, 0.3) is 5.91 Å². The Morgan fingerprint density at radius 3 is 2.70 bits per heavy atom. The second-order valence-corrected chi connectivity index (χ2v) is 6.30. The quantitative estimate of drug-likeness (QED) is 0.403. The predicted molar refractivity (Wildman–Crippen MR) is 97.3 cm³/mol.